The van der Waals surface area contributed by atoms with Crippen LogP contribution in [0.25, 0.3) is 0 Å². The molecule has 0 saturated carbocycles. The van der Waals surface area contributed by atoms with Gasteiger partial charge >= 0.3 is 0 Å². The minimum atomic E-state index is -3.47. The van der Waals surface area contributed by atoms with Gasteiger partial charge < -0.3 is 5.32 Å². The molecule has 0 aliphatic rings. The summed E-state index contributed by atoms with van der Waals surface area (Å²) in [6.07, 6.45) is 0.747. The molecule has 0 aromatic heterocycles. The Balaban J connectivity index is 3.00. The van der Waals surface area contributed by atoms with E-state index in [-0.39, 0.29) is 10.9 Å². The molecule has 4 nitrogen and oxygen atoms in total. The van der Waals surface area contributed by atoms with Crippen molar-refractivity contribution in [1.82, 2.24) is 10.0 Å². The Labute approximate surface area is 120 Å². The molecule has 0 heterocycles. The number of rotatable bonds is 7. The Kier molecular flexibility index (Phi) is 6.26. The number of hydrogen-bond acceptors (Lipinski definition) is 3. The van der Waals surface area contributed by atoms with Crippen molar-refractivity contribution in [3.8, 4) is 0 Å². The molecule has 0 bridgehead atoms. The fraction of sp³-hybridized carbons (Fsp3) is 0.538. The van der Waals surface area contributed by atoms with Crippen LogP contribution >= 0.6 is 11.6 Å². The van der Waals surface area contributed by atoms with E-state index in [9.17, 15) is 8.42 Å². The molecule has 0 aliphatic heterocycles. The average Bonchev–Trinajstić information content (AvgIpc) is 2.36. The zero-order chi connectivity index (χ0) is 14.5. The lowest BCUT2D eigenvalue weighted by Crippen LogP contribution is -2.32. The second kappa shape index (κ2) is 7.24. The fourth-order valence-electron chi connectivity index (χ4n) is 1.53. The molecule has 1 atom stereocenters. The summed E-state index contributed by atoms with van der Waals surface area (Å²) >= 11 is 6.06. The van der Waals surface area contributed by atoms with E-state index in [0.29, 0.717) is 11.6 Å². The van der Waals surface area contributed by atoms with E-state index in [4.69, 9.17) is 11.6 Å². The third-order valence-electron chi connectivity index (χ3n) is 2.86. The lowest BCUT2D eigenvalue weighted by molar-refractivity contribution is 0.555. The first-order valence-corrected chi connectivity index (χ1v) is 8.28. The van der Waals surface area contributed by atoms with Crippen molar-refractivity contribution in [2.75, 3.05) is 6.54 Å². The van der Waals surface area contributed by atoms with Crippen LogP contribution in [0.5, 0.6) is 0 Å². The SMILES string of the molecule is CCNCc1cc(S(=O)(=O)NC(C)CC)ccc1Cl. The molecule has 108 valence electrons. The largest absolute Gasteiger partial charge is 0.313 e. The van der Waals surface area contributed by atoms with Gasteiger partial charge in [0.1, 0.15) is 0 Å². The minimum absolute atomic E-state index is 0.0853. The number of hydrogen-bond donors (Lipinski definition) is 2. The fourth-order valence-corrected chi connectivity index (χ4v) is 3.09. The van der Waals surface area contributed by atoms with Crippen LogP contribution in [-0.4, -0.2) is 21.0 Å². The van der Waals surface area contributed by atoms with E-state index in [0.717, 1.165) is 18.5 Å². The maximum Gasteiger partial charge on any atom is 0.240 e. The molecule has 0 saturated heterocycles. The minimum Gasteiger partial charge on any atom is -0.313 e. The second-order valence-electron chi connectivity index (χ2n) is 4.46. The number of benzene rings is 1. The summed E-state index contributed by atoms with van der Waals surface area (Å²) in [6, 6.07) is 4.69. The molecule has 19 heavy (non-hydrogen) atoms. The monoisotopic (exact) mass is 304 g/mol. The van der Waals surface area contributed by atoms with Crippen molar-refractivity contribution in [2.45, 2.75) is 44.7 Å². The molecule has 0 fully saturated rings. The van der Waals surface area contributed by atoms with Crippen molar-refractivity contribution in [1.29, 1.82) is 0 Å². The van der Waals surface area contributed by atoms with Crippen LogP contribution in [0.2, 0.25) is 5.02 Å². The Bertz CT molecular complexity index is 517. The lowest BCUT2D eigenvalue weighted by Gasteiger charge is -2.13. The third kappa shape index (κ3) is 4.76. The number of nitrogens with one attached hydrogen (secondary N) is 2. The smallest absolute Gasteiger partial charge is 0.240 e. The van der Waals surface area contributed by atoms with Crippen molar-refractivity contribution in [3.63, 3.8) is 0 Å². The summed E-state index contributed by atoms with van der Waals surface area (Å²) in [6.45, 7) is 7.12. The van der Waals surface area contributed by atoms with E-state index >= 15 is 0 Å². The summed E-state index contributed by atoms with van der Waals surface area (Å²) in [5, 5.41) is 3.71. The Morgan fingerprint density at radius 3 is 2.58 bits per heavy atom. The highest BCUT2D eigenvalue weighted by molar-refractivity contribution is 7.89. The highest BCUT2D eigenvalue weighted by Crippen LogP contribution is 2.20. The van der Waals surface area contributed by atoms with Gasteiger partial charge in [0, 0.05) is 17.6 Å². The highest BCUT2D eigenvalue weighted by Gasteiger charge is 2.17. The van der Waals surface area contributed by atoms with Gasteiger partial charge in [0.05, 0.1) is 4.90 Å². The molecular weight excluding hydrogens is 284 g/mol. The van der Waals surface area contributed by atoms with Gasteiger partial charge in [0.15, 0.2) is 0 Å². The second-order valence-corrected chi connectivity index (χ2v) is 6.59. The number of sulfonamides is 1. The first-order chi connectivity index (χ1) is 8.90. The van der Waals surface area contributed by atoms with Gasteiger partial charge in [0.2, 0.25) is 10.0 Å². The van der Waals surface area contributed by atoms with Gasteiger partial charge in [-0.05, 0) is 43.7 Å². The van der Waals surface area contributed by atoms with Crippen molar-refractivity contribution < 1.29 is 8.42 Å². The van der Waals surface area contributed by atoms with Crippen LogP contribution in [0.4, 0.5) is 0 Å². The maximum atomic E-state index is 12.2. The number of halogens is 1. The van der Waals surface area contributed by atoms with Crippen molar-refractivity contribution in [2.24, 2.45) is 0 Å². The molecule has 6 heteroatoms. The summed E-state index contributed by atoms with van der Waals surface area (Å²) < 4.78 is 27.0. The molecule has 0 radical (unpaired) electrons. The Morgan fingerprint density at radius 1 is 1.32 bits per heavy atom. The van der Waals surface area contributed by atoms with Crippen molar-refractivity contribution >= 4 is 21.6 Å². The quantitative estimate of drug-likeness (QED) is 0.814. The van der Waals surface area contributed by atoms with Gasteiger partial charge in [-0.2, -0.15) is 0 Å². The van der Waals surface area contributed by atoms with Crippen LogP contribution in [0, 0.1) is 0 Å². The molecule has 1 aromatic rings. The van der Waals surface area contributed by atoms with Crippen LogP contribution in [0.3, 0.4) is 0 Å². The first-order valence-electron chi connectivity index (χ1n) is 6.42. The van der Waals surface area contributed by atoms with Gasteiger partial charge in [0.25, 0.3) is 0 Å². The summed E-state index contributed by atoms with van der Waals surface area (Å²) in [4.78, 5) is 0.255. The van der Waals surface area contributed by atoms with Gasteiger partial charge in [-0.15, -0.1) is 0 Å². The van der Waals surface area contributed by atoms with Crippen molar-refractivity contribution in [3.05, 3.63) is 28.8 Å². The standard InChI is InChI=1S/C13H21ClN2O2S/c1-4-10(3)16-19(17,18)12-6-7-13(14)11(8-12)9-15-5-2/h6-8,10,15-16H,4-5,9H2,1-3H3. The van der Waals surface area contributed by atoms with Crippen LogP contribution in [-0.2, 0) is 16.6 Å². The summed E-state index contributed by atoms with van der Waals surface area (Å²) in [5.41, 5.74) is 0.788. The predicted molar refractivity (Wildman–Crippen MR) is 78.9 cm³/mol. The maximum absolute atomic E-state index is 12.2. The molecule has 0 amide bonds. The third-order valence-corrected chi connectivity index (χ3v) is 4.82. The summed E-state index contributed by atoms with van der Waals surface area (Å²) in [5.74, 6) is 0. The molecule has 1 unspecified atom stereocenters. The molecule has 0 aliphatic carbocycles. The van der Waals surface area contributed by atoms with Crippen LogP contribution < -0.4 is 10.0 Å². The highest BCUT2D eigenvalue weighted by atomic mass is 35.5. The molecule has 0 spiro atoms. The first kappa shape index (κ1) is 16.4. The normalized spacial score (nSPS) is 13.5. The average molecular weight is 305 g/mol. The zero-order valence-corrected chi connectivity index (χ0v) is 13.1. The van der Waals surface area contributed by atoms with Gasteiger partial charge in [-0.25, -0.2) is 13.1 Å². The molecule has 1 rings (SSSR count). The summed E-state index contributed by atoms with van der Waals surface area (Å²) in [7, 11) is -3.47. The lowest BCUT2D eigenvalue weighted by atomic mass is 10.2. The van der Waals surface area contributed by atoms with Gasteiger partial charge in [-0.3, -0.25) is 0 Å². The zero-order valence-electron chi connectivity index (χ0n) is 11.5. The Hall–Kier alpha value is -0.620. The Morgan fingerprint density at radius 2 is 2.00 bits per heavy atom. The van der Waals surface area contributed by atoms with Gasteiger partial charge in [-0.1, -0.05) is 25.4 Å². The van der Waals surface area contributed by atoms with E-state index in [1.807, 2.05) is 20.8 Å². The van der Waals surface area contributed by atoms with E-state index in [1.165, 1.54) is 6.07 Å². The van der Waals surface area contributed by atoms with E-state index in [2.05, 4.69) is 10.0 Å². The topological polar surface area (TPSA) is 58.2 Å². The van der Waals surface area contributed by atoms with Crippen LogP contribution in [0.1, 0.15) is 32.8 Å². The predicted octanol–water partition coefficient (Wildman–Crippen LogP) is 2.53. The molecular formula is C13H21ClN2O2S. The van der Waals surface area contributed by atoms with E-state index in [1.54, 1.807) is 12.1 Å². The molecule has 2 N–H and O–H groups in total. The molecule has 1 aromatic carbocycles. The van der Waals surface area contributed by atoms with E-state index < -0.39 is 10.0 Å². The van der Waals surface area contributed by atoms with Crippen LogP contribution in [0.15, 0.2) is 23.1 Å².